The van der Waals surface area contributed by atoms with E-state index in [0.717, 1.165) is 19.6 Å². The number of hydrogen-bond acceptors (Lipinski definition) is 2. The summed E-state index contributed by atoms with van der Waals surface area (Å²) in [5.74, 6) is 0.780. The van der Waals surface area contributed by atoms with Crippen molar-refractivity contribution in [2.45, 2.75) is 25.3 Å². The highest BCUT2D eigenvalue weighted by molar-refractivity contribution is 5.82. The van der Waals surface area contributed by atoms with Crippen LogP contribution in [-0.4, -0.2) is 25.2 Å². The number of nitrogens with one attached hydrogen (secondary N) is 1. The summed E-state index contributed by atoms with van der Waals surface area (Å²) in [6.07, 6.45) is 3.08. The summed E-state index contributed by atoms with van der Waals surface area (Å²) in [7, 11) is 0. The van der Waals surface area contributed by atoms with E-state index >= 15 is 0 Å². The van der Waals surface area contributed by atoms with Crippen molar-refractivity contribution in [1.82, 2.24) is 5.32 Å². The highest BCUT2D eigenvalue weighted by atomic mass is 16.5. The molecule has 2 unspecified atom stereocenters. The van der Waals surface area contributed by atoms with Gasteiger partial charge in [0.05, 0.1) is 6.61 Å². The van der Waals surface area contributed by atoms with Gasteiger partial charge in [0.25, 0.3) is 0 Å². The summed E-state index contributed by atoms with van der Waals surface area (Å²) >= 11 is 0. The first-order chi connectivity index (χ1) is 5.36. The minimum Gasteiger partial charge on any atom is -0.381 e. The van der Waals surface area contributed by atoms with Gasteiger partial charge in [-0.1, -0.05) is 0 Å². The van der Waals surface area contributed by atoms with Crippen molar-refractivity contribution in [2.75, 3.05) is 13.2 Å². The molecule has 0 radical (unpaired) electrons. The Balaban J connectivity index is 1.80. The molecule has 3 heteroatoms. The van der Waals surface area contributed by atoms with Crippen LogP contribution in [0.15, 0.2) is 0 Å². The van der Waals surface area contributed by atoms with E-state index in [1.165, 1.54) is 6.42 Å². The predicted octanol–water partition coefficient (Wildman–Crippen LogP) is 0.301. The standard InChI is InChI=1S/C8H13NO2/c10-8-4-7(9-8)6-2-1-3-11-5-6/h6-7H,1-5H2,(H,9,10). The quantitative estimate of drug-likeness (QED) is 0.553. The molecular weight excluding hydrogens is 142 g/mol. The molecule has 3 nitrogen and oxygen atoms in total. The monoisotopic (exact) mass is 155 g/mol. The fourth-order valence-corrected chi connectivity index (χ4v) is 1.75. The van der Waals surface area contributed by atoms with Crippen LogP contribution in [0.25, 0.3) is 0 Å². The average molecular weight is 155 g/mol. The molecule has 2 rings (SSSR count). The highest BCUT2D eigenvalue weighted by Crippen LogP contribution is 2.23. The van der Waals surface area contributed by atoms with Gasteiger partial charge in [0, 0.05) is 25.0 Å². The van der Waals surface area contributed by atoms with E-state index in [1.807, 2.05) is 0 Å². The predicted molar refractivity (Wildman–Crippen MR) is 40.1 cm³/mol. The number of carbonyl (C=O) groups excluding carboxylic acids is 1. The molecule has 0 aromatic carbocycles. The van der Waals surface area contributed by atoms with Gasteiger partial charge in [-0.3, -0.25) is 4.79 Å². The van der Waals surface area contributed by atoms with Crippen LogP contribution in [0.2, 0.25) is 0 Å². The summed E-state index contributed by atoms with van der Waals surface area (Å²) in [4.78, 5) is 10.6. The lowest BCUT2D eigenvalue weighted by atomic mass is 9.87. The second kappa shape index (κ2) is 2.81. The van der Waals surface area contributed by atoms with Gasteiger partial charge in [-0.05, 0) is 12.8 Å². The normalized spacial score (nSPS) is 37.6. The zero-order chi connectivity index (χ0) is 7.68. The van der Waals surface area contributed by atoms with E-state index in [1.54, 1.807) is 0 Å². The van der Waals surface area contributed by atoms with Crippen LogP contribution in [0, 0.1) is 5.92 Å². The second-order valence-corrected chi connectivity index (χ2v) is 3.36. The van der Waals surface area contributed by atoms with Crippen LogP contribution in [0.1, 0.15) is 19.3 Å². The number of rotatable bonds is 1. The van der Waals surface area contributed by atoms with Gasteiger partial charge < -0.3 is 10.1 Å². The SMILES string of the molecule is O=C1CC(C2CCCOC2)N1. The fraction of sp³-hybridized carbons (Fsp3) is 0.875. The van der Waals surface area contributed by atoms with E-state index < -0.39 is 0 Å². The number of hydrogen-bond donors (Lipinski definition) is 1. The summed E-state index contributed by atoms with van der Waals surface area (Å²) in [6.45, 7) is 1.74. The summed E-state index contributed by atoms with van der Waals surface area (Å²) < 4.78 is 5.32. The molecule has 2 saturated heterocycles. The second-order valence-electron chi connectivity index (χ2n) is 3.36. The molecular formula is C8H13NO2. The molecule has 0 aromatic rings. The Morgan fingerprint density at radius 3 is 2.91 bits per heavy atom. The lowest BCUT2D eigenvalue weighted by Gasteiger charge is -2.36. The van der Waals surface area contributed by atoms with E-state index in [-0.39, 0.29) is 5.91 Å². The van der Waals surface area contributed by atoms with Crippen molar-refractivity contribution in [3.63, 3.8) is 0 Å². The maximum atomic E-state index is 10.6. The molecule has 2 aliphatic heterocycles. The largest absolute Gasteiger partial charge is 0.381 e. The molecule has 1 N–H and O–H groups in total. The maximum absolute atomic E-state index is 10.6. The zero-order valence-electron chi connectivity index (χ0n) is 6.51. The van der Waals surface area contributed by atoms with E-state index in [0.29, 0.717) is 18.4 Å². The van der Waals surface area contributed by atoms with Crippen molar-refractivity contribution in [3.8, 4) is 0 Å². The van der Waals surface area contributed by atoms with Crippen LogP contribution in [-0.2, 0) is 9.53 Å². The van der Waals surface area contributed by atoms with Gasteiger partial charge in [-0.25, -0.2) is 0 Å². The van der Waals surface area contributed by atoms with E-state index in [4.69, 9.17) is 4.74 Å². The molecule has 0 spiro atoms. The molecule has 0 bridgehead atoms. The van der Waals surface area contributed by atoms with Crippen LogP contribution in [0.4, 0.5) is 0 Å². The molecule has 0 aliphatic carbocycles. The van der Waals surface area contributed by atoms with Crippen LogP contribution in [0.3, 0.4) is 0 Å². The Hall–Kier alpha value is -0.570. The molecule has 62 valence electrons. The van der Waals surface area contributed by atoms with Crippen LogP contribution < -0.4 is 5.32 Å². The molecule has 2 atom stereocenters. The van der Waals surface area contributed by atoms with Gasteiger partial charge in [0.1, 0.15) is 0 Å². The van der Waals surface area contributed by atoms with Gasteiger partial charge >= 0.3 is 0 Å². The van der Waals surface area contributed by atoms with E-state index in [2.05, 4.69) is 5.32 Å². The smallest absolute Gasteiger partial charge is 0.222 e. The van der Waals surface area contributed by atoms with Crippen LogP contribution >= 0.6 is 0 Å². The minimum atomic E-state index is 0.195. The van der Waals surface area contributed by atoms with Crippen molar-refractivity contribution in [2.24, 2.45) is 5.92 Å². The van der Waals surface area contributed by atoms with E-state index in [9.17, 15) is 4.79 Å². The molecule has 2 fully saturated rings. The fourth-order valence-electron chi connectivity index (χ4n) is 1.75. The Labute approximate surface area is 66.1 Å². The van der Waals surface area contributed by atoms with Crippen LogP contribution in [0.5, 0.6) is 0 Å². The van der Waals surface area contributed by atoms with Gasteiger partial charge in [-0.15, -0.1) is 0 Å². The van der Waals surface area contributed by atoms with Crippen molar-refractivity contribution in [3.05, 3.63) is 0 Å². The summed E-state index contributed by atoms with van der Waals surface area (Å²) in [5, 5.41) is 2.89. The molecule has 2 heterocycles. The third-order valence-electron chi connectivity index (χ3n) is 2.52. The van der Waals surface area contributed by atoms with Gasteiger partial charge in [0.2, 0.25) is 5.91 Å². The molecule has 1 amide bonds. The van der Waals surface area contributed by atoms with Crippen molar-refractivity contribution in [1.29, 1.82) is 0 Å². The Bertz CT molecular complexity index is 155. The highest BCUT2D eigenvalue weighted by Gasteiger charge is 2.33. The topological polar surface area (TPSA) is 38.3 Å². The number of β-lactam (4-membered cyclic amide) rings is 1. The van der Waals surface area contributed by atoms with Crippen molar-refractivity contribution >= 4 is 5.91 Å². The Morgan fingerprint density at radius 2 is 2.36 bits per heavy atom. The number of carbonyl (C=O) groups is 1. The average Bonchev–Trinajstić information content (AvgIpc) is 2.01. The lowest BCUT2D eigenvalue weighted by Crippen LogP contribution is -2.54. The molecule has 0 aromatic heterocycles. The molecule has 2 aliphatic rings. The summed E-state index contributed by atoms with van der Waals surface area (Å²) in [5.41, 5.74) is 0. The van der Waals surface area contributed by atoms with Gasteiger partial charge in [0.15, 0.2) is 0 Å². The first kappa shape index (κ1) is 7.10. The number of amides is 1. The lowest BCUT2D eigenvalue weighted by molar-refractivity contribution is -0.130. The van der Waals surface area contributed by atoms with Gasteiger partial charge in [-0.2, -0.15) is 0 Å². The maximum Gasteiger partial charge on any atom is 0.222 e. The zero-order valence-corrected chi connectivity index (χ0v) is 6.51. The first-order valence-electron chi connectivity index (χ1n) is 4.23. The Kier molecular flexibility index (Phi) is 1.82. The minimum absolute atomic E-state index is 0.195. The third-order valence-corrected chi connectivity index (χ3v) is 2.52. The molecule has 0 saturated carbocycles. The van der Waals surface area contributed by atoms with Crippen molar-refractivity contribution < 1.29 is 9.53 Å². The Morgan fingerprint density at radius 1 is 1.55 bits per heavy atom. The molecule has 11 heavy (non-hydrogen) atoms. The number of ether oxygens (including phenoxy) is 1. The third kappa shape index (κ3) is 1.38. The first-order valence-corrected chi connectivity index (χ1v) is 4.23. The summed E-state index contributed by atoms with van der Waals surface area (Å²) in [6, 6.07) is 0.419.